The maximum absolute atomic E-state index is 13.0. The van der Waals surface area contributed by atoms with Gasteiger partial charge in [0, 0.05) is 32.7 Å². The van der Waals surface area contributed by atoms with Crippen LogP contribution in [0.5, 0.6) is 17.2 Å². The van der Waals surface area contributed by atoms with Crippen LogP contribution in [-0.4, -0.2) is 63.2 Å². The summed E-state index contributed by atoms with van der Waals surface area (Å²) in [5, 5.41) is 4.27. The molecule has 0 spiro atoms. The Labute approximate surface area is 157 Å². The Kier molecular flexibility index (Phi) is 6.00. The van der Waals surface area contributed by atoms with E-state index < -0.39 is 0 Å². The van der Waals surface area contributed by atoms with Gasteiger partial charge in [-0.25, -0.2) is 0 Å². The molecule has 1 amide bonds. The predicted octanol–water partition coefficient (Wildman–Crippen LogP) is 2.73. The maximum Gasteiger partial charge on any atom is 0.257 e. The summed E-state index contributed by atoms with van der Waals surface area (Å²) in [7, 11) is 4.64. The van der Waals surface area contributed by atoms with Crippen LogP contribution in [0.15, 0.2) is 29.0 Å². The largest absolute Gasteiger partial charge is 0.493 e. The van der Waals surface area contributed by atoms with Gasteiger partial charge in [-0.05, 0) is 34.5 Å². The smallest absolute Gasteiger partial charge is 0.257 e. The highest BCUT2D eigenvalue weighted by atomic mass is 32.1. The molecule has 2 aromatic rings. The Bertz CT molecular complexity index is 740. The molecule has 0 N–H and O–H groups in total. The normalized spacial score (nSPS) is 15.0. The van der Waals surface area contributed by atoms with Gasteiger partial charge in [0.05, 0.1) is 26.9 Å². The van der Waals surface area contributed by atoms with Gasteiger partial charge in [-0.2, -0.15) is 11.3 Å². The maximum atomic E-state index is 13.0. The van der Waals surface area contributed by atoms with Crippen molar-refractivity contribution in [2.45, 2.75) is 6.54 Å². The van der Waals surface area contributed by atoms with Gasteiger partial charge >= 0.3 is 0 Å². The number of hydrogen-bond donors (Lipinski definition) is 0. The number of nitrogens with zero attached hydrogens (tertiary/aromatic N) is 2. The van der Waals surface area contributed by atoms with E-state index in [1.165, 1.54) is 19.8 Å². The number of carbonyl (C=O) groups is 1. The molecule has 0 atom stereocenters. The lowest BCUT2D eigenvalue weighted by atomic mass is 10.1. The second-order valence-corrected chi connectivity index (χ2v) is 6.86. The monoisotopic (exact) mass is 376 g/mol. The van der Waals surface area contributed by atoms with Crippen LogP contribution in [-0.2, 0) is 6.54 Å². The van der Waals surface area contributed by atoms with Gasteiger partial charge in [0.25, 0.3) is 5.91 Å². The van der Waals surface area contributed by atoms with Crippen LogP contribution in [0.3, 0.4) is 0 Å². The molecule has 26 heavy (non-hydrogen) atoms. The number of hydrogen-bond acceptors (Lipinski definition) is 6. The van der Waals surface area contributed by atoms with Crippen molar-refractivity contribution < 1.29 is 19.0 Å². The molecule has 7 heteroatoms. The molecule has 1 fully saturated rings. The van der Waals surface area contributed by atoms with Crippen molar-refractivity contribution in [3.05, 3.63) is 40.1 Å². The lowest BCUT2D eigenvalue weighted by molar-refractivity contribution is 0.0624. The second-order valence-electron chi connectivity index (χ2n) is 6.08. The minimum atomic E-state index is -0.0435. The summed E-state index contributed by atoms with van der Waals surface area (Å²) in [6.07, 6.45) is 0. The number of methoxy groups -OCH3 is 3. The Hall–Kier alpha value is -2.25. The number of amides is 1. The van der Waals surface area contributed by atoms with Crippen molar-refractivity contribution in [1.82, 2.24) is 9.80 Å². The van der Waals surface area contributed by atoms with Crippen LogP contribution in [0.1, 0.15) is 15.9 Å². The molecule has 0 bridgehead atoms. The van der Waals surface area contributed by atoms with Crippen molar-refractivity contribution in [3.8, 4) is 17.2 Å². The van der Waals surface area contributed by atoms with Crippen molar-refractivity contribution in [1.29, 1.82) is 0 Å². The first-order valence-electron chi connectivity index (χ1n) is 8.49. The van der Waals surface area contributed by atoms with Crippen LogP contribution in [0.4, 0.5) is 0 Å². The predicted molar refractivity (Wildman–Crippen MR) is 102 cm³/mol. The lowest BCUT2D eigenvalue weighted by Gasteiger charge is -2.35. The molecule has 0 unspecified atom stereocenters. The summed E-state index contributed by atoms with van der Waals surface area (Å²) < 4.78 is 16.1. The topological polar surface area (TPSA) is 51.2 Å². The number of rotatable bonds is 6. The van der Waals surface area contributed by atoms with Crippen LogP contribution in [0.25, 0.3) is 0 Å². The van der Waals surface area contributed by atoms with Gasteiger partial charge in [0.2, 0.25) is 5.75 Å². The number of carbonyl (C=O) groups excluding carboxylic acids is 1. The Morgan fingerprint density at radius 3 is 2.31 bits per heavy atom. The number of thiophene rings is 1. The van der Waals surface area contributed by atoms with Crippen LogP contribution < -0.4 is 14.2 Å². The first-order valence-corrected chi connectivity index (χ1v) is 9.44. The average molecular weight is 376 g/mol. The lowest BCUT2D eigenvalue weighted by Crippen LogP contribution is -2.48. The van der Waals surface area contributed by atoms with Gasteiger partial charge < -0.3 is 19.1 Å². The zero-order valence-electron chi connectivity index (χ0n) is 15.4. The summed E-state index contributed by atoms with van der Waals surface area (Å²) >= 11 is 1.71. The molecule has 1 aromatic carbocycles. The highest BCUT2D eigenvalue weighted by Gasteiger charge is 2.27. The second kappa shape index (κ2) is 8.42. The van der Waals surface area contributed by atoms with E-state index in [9.17, 15) is 4.79 Å². The summed E-state index contributed by atoms with van der Waals surface area (Å²) in [4.78, 5) is 17.2. The molecule has 1 aliphatic heterocycles. The van der Waals surface area contributed by atoms with Crippen molar-refractivity contribution in [2.75, 3.05) is 47.5 Å². The fraction of sp³-hybridized carbons (Fsp3) is 0.421. The third-order valence-electron chi connectivity index (χ3n) is 4.58. The fourth-order valence-corrected chi connectivity index (χ4v) is 3.85. The quantitative estimate of drug-likeness (QED) is 0.776. The van der Waals surface area contributed by atoms with E-state index >= 15 is 0 Å². The van der Waals surface area contributed by atoms with Crippen LogP contribution in [0.2, 0.25) is 0 Å². The van der Waals surface area contributed by atoms with Crippen molar-refractivity contribution >= 4 is 17.2 Å². The zero-order valence-corrected chi connectivity index (χ0v) is 16.2. The molecular weight excluding hydrogens is 352 g/mol. The number of benzene rings is 1. The van der Waals surface area contributed by atoms with Crippen molar-refractivity contribution in [3.63, 3.8) is 0 Å². The van der Waals surface area contributed by atoms with E-state index in [0.29, 0.717) is 35.9 Å². The Morgan fingerprint density at radius 1 is 1.00 bits per heavy atom. The highest BCUT2D eigenvalue weighted by Crippen LogP contribution is 2.40. The summed E-state index contributed by atoms with van der Waals surface area (Å²) in [5.41, 5.74) is 1.83. The van der Waals surface area contributed by atoms with Gasteiger partial charge in [-0.3, -0.25) is 9.69 Å². The number of piperazine rings is 1. The molecule has 3 rings (SSSR count). The van der Waals surface area contributed by atoms with E-state index in [0.717, 1.165) is 19.6 Å². The standard InChI is InChI=1S/C19H24N2O4S/c1-23-16-5-4-15(17(24-2)18(16)25-3)19(22)21-9-7-20(8-10-21)12-14-6-11-26-13-14/h4-6,11,13H,7-10,12H2,1-3H3. The summed E-state index contributed by atoms with van der Waals surface area (Å²) in [5.74, 6) is 1.36. The van der Waals surface area contributed by atoms with Crippen LogP contribution >= 0.6 is 11.3 Å². The molecule has 2 heterocycles. The molecule has 0 saturated carbocycles. The van der Waals surface area contributed by atoms with Gasteiger partial charge in [0.15, 0.2) is 11.5 Å². The van der Waals surface area contributed by atoms with Gasteiger partial charge in [0.1, 0.15) is 0 Å². The van der Waals surface area contributed by atoms with E-state index in [2.05, 4.69) is 21.7 Å². The van der Waals surface area contributed by atoms with Crippen LogP contribution in [0, 0.1) is 0 Å². The first kappa shape index (κ1) is 18.5. The molecule has 140 valence electrons. The number of ether oxygens (including phenoxy) is 3. The molecule has 1 saturated heterocycles. The first-order chi connectivity index (χ1) is 12.7. The molecule has 1 aromatic heterocycles. The third kappa shape index (κ3) is 3.78. The molecular formula is C19H24N2O4S. The van der Waals surface area contributed by atoms with E-state index in [1.54, 1.807) is 30.6 Å². The summed E-state index contributed by atoms with van der Waals surface area (Å²) in [6, 6.07) is 5.62. The third-order valence-corrected chi connectivity index (χ3v) is 5.31. The Morgan fingerprint density at radius 2 is 1.73 bits per heavy atom. The molecule has 6 nitrogen and oxygen atoms in total. The molecule has 1 aliphatic rings. The molecule has 0 aliphatic carbocycles. The highest BCUT2D eigenvalue weighted by molar-refractivity contribution is 7.07. The van der Waals surface area contributed by atoms with E-state index in [-0.39, 0.29) is 5.91 Å². The van der Waals surface area contributed by atoms with Gasteiger partial charge in [-0.1, -0.05) is 0 Å². The minimum absolute atomic E-state index is 0.0435. The molecule has 0 radical (unpaired) electrons. The average Bonchev–Trinajstić information content (AvgIpc) is 3.19. The SMILES string of the molecule is COc1ccc(C(=O)N2CCN(Cc3ccsc3)CC2)c(OC)c1OC. The van der Waals surface area contributed by atoms with E-state index in [1.807, 2.05) is 4.90 Å². The Balaban J connectivity index is 1.70. The minimum Gasteiger partial charge on any atom is -0.493 e. The van der Waals surface area contributed by atoms with E-state index in [4.69, 9.17) is 14.2 Å². The summed E-state index contributed by atoms with van der Waals surface area (Å²) in [6.45, 7) is 4.04. The van der Waals surface area contributed by atoms with Crippen molar-refractivity contribution in [2.24, 2.45) is 0 Å². The fourth-order valence-electron chi connectivity index (χ4n) is 3.19. The zero-order chi connectivity index (χ0) is 18.5. The van der Waals surface area contributed by atoms with Gasteiger partial charge in [-0.15, -0.1) is 0 Å².